The highest BCUT2D eigenvalue weighted by molar-refractivity contribution is 7.89. The van der Waals surface area contributed by atoms with Crippen molar-refractivity contribution in [3.63, 3.8) is 0 Å². The number of furan rings is 1. The molecule has 1 amide bonds. The van der Waals surface area contributed by atoms with E-state index in [4.69, 9.17) is 9.15 Å². The van der Waals surface area contributed by atoms with Gasteiger partial charge in [-0.1, -0.05) is 42.5 Å². The summed E-state index contributed by atoms with van der Waals surface area (Å²) in [4.78, 5) is 12.8. The zero-order chi connectivity index (χ0) is 21.0. The number of carbonyl (C=O) groups is 1. The Bertz CT molecular complexity index is 1100. The zero-order valence-corrected chi connectivity index (χ0v) is 17.1. The summed E-state index contributed by atoms with van der Waals surface area (Å²) in [6.07, 6.45) is 1.49. The van der Waals surface area contributed by atoms with E-state index in [0.717, 1.165) is 16.7 Å². The van der Waals surface area contributed by atoms with E-state index < -0.39 is 10.0 Å². The van der Waals surface area contributed by atoms with Crippen LogP contribution in [0.3, 0.4) is 0 Å². The van der Waals surface area contributed by atoms with Crippen LogP contribution in [0.25, 0.3) is 11.1 Å². The van der Waals surface area contributed by atoms with Crippen molar-refractivity contribution in [2.75, 3.05) is 26.3 Å². The van der Waals surface area contributed by atoms with E-state index in [-0.39, 0.29) is 23.1 Å². The molecule has 2 aromatic carbocycles. The second-order valence-electron chi connectivity index (χ2n) is 6.87. The Balaban J connectivity index is 1.41. The van der Waals surface area contributed by atoms with Crippen LogP contribution in [0.2, 0.25) is 0 Å². The van der Waals surface area contributed by atoms with E-state index in [2.05, 4.69) is 5.32 Å². The number of sulfonamides is 1. The maximum absolute atomic E-state index is 12.7. The first-order valence-corrected chi connectivity index (χ1v) is 11.1. The highest BCUT2D eigenvalue weighted by Crippen LogP contribution is 2.24. The van der Waals surface area contributed by atoms with E-state index >= 15 is 0 Å². The Morgan fingerprint density at radius 2 is 1.67 bits per heavy atom. The zero-order valence-electron chi connectivity index (χ0n) is 16.3. The number of ether oxygens (including phenoxy) is 1. The number of nitrogens with zero attached hydrogens (tertiary/aromatic N) is 1. The number of rotatable bonds is 6. The minimum absolute atomic E-state index is 0.233. The molecule has 0 saturated carbocycles. The van der Waals surface area contributed by atoms with Gasteiger partial charge in [-0.15, -0.1) is 0 Å². The summed E-state index contributed by atoms with van der Waals surface area (Å²) in [5.74, 6) is -0.0865. The lowest BCUT2D eigenvalue weighted by Crippen LogP contribution is -2.40. The van der Waals surface area contributed by atoms with Crippen LogP contribution in [0.4, 0.5) is 0 Å². The molecule has 0 unspecified atom stereocenters. The van der Waals surface area contributed by atoms with Gasteiger partial charge >= 0.3 is 0 Å². The maximum Gasteiger partial charge on any atom is 0.287 e. The largest absolute Gasteiger partial charge is 0.459 e. The fraction of sp³-hybridized carbons (Fsp3) is 0.227. The third-order valence-corrected chi connectivity index (χ3v) is 6.85. The molecular formula is C22H22N2O5S. The van der Waals surface area contributed by atoms with Crippen LogP contribution >= 0.6 is 0 Å². The van der Waals surface area contributed by atoms with E-state index in [1.54, 1.807) is 30.3 Å². The molecule has 0 spiro atoms. The Hall–Kier alpha value is -2.94. The molecule has 1 fully saturated rings. The van der Waals surface area contributed by atoms with E-state index in [1.165, 1.54) is 10.6 Å². The van der Waals surface area contributed by atoms with Crippen molar-refractivity contribution in [2.24, 2.45) is 0 Å². The normalized spacial score (nSPS) is 15.1. The molecule has 1 aliphatic rings. The minimum atomic E-state index is -3.53. The number of morpholine rings is 1. The third kappa shape index (κ3) is 4.30. The van der Waals surface area contributed by atoms with Gasteiger partial charge in [-0.3, -0.25) is 4.79 Å². The molecule has 1 saturated heterocycles. The van der Waals surface area contributed by atoms with Crippen LogP contribution in [-0.2, 0) is 21.3 Å². The van der Waals surface area contributed by atoms with E-state index in [9.17, 15) is 13.2 Å². The average molecular weight is 426 g/mol. The molecule has 7 nitrogen and oxygen atoms in total. The van der Waals surface area contributed by atoms with Gasteiger partial charge in [0.25, 0.3) is 5.91 Å². The Morgan fingerprint density at radius 3 is 2.37 bits per heavy atom. The first kappa shape index (κ1) is 20.3. The molecule has 0 bridgehead atoms. The average Bonchev–Trinajstić information content (AvgIpc) is 3.29. The minimum Gasteiger partial charge on any atom is -0.459 e. The Morgan fingerprint density at radius 1 is 0.967 bits per heavy atom. The van der Waals surface area contributed by atoms with Gasteiger partial charge in [-0.2, -0.15) is 4.31 Å². The smallest absolute Gasteiger partial charge is 0.287 e. The fourth-order valence-electron chi connectivity index (χ4n) is 3.31. The summed E-state index contributed by atoms with van der Waals surface area (Å²) in [5.41, 5.74) is 2.41. The van der Waals surface area contributed by atoms with Crippen LogP contribution in [0.1, 0.15) is 16.1 Å². The molecule has 0 radical (unpaired) electrons. The van der Waals surface area contributed by atoms with Crippen molar-refractivity contribution in [1.82, 2.24) is 9.62 Å². The fourth-order valence-corrected chi connectivity index (χ4v) is 4.72. The lowest BCUT2D eigenvalue weighted by atomic mass is 10.1. The topological polar surface area (TPSA) is 88.9 Å². The predicted molar refractivity (Wildman–Crippen MR) is 111 cm³/mol. The van der Waals surface area contributed by atoms with Crippen molar-refractivity contribution >= 4 is 15.9 Å². The van der Waals surface area contributed by atoms with Gasteiger partial charge in [0.15, 0.2) is 5.76 Å². The standard InChI is InChI=1S/C22H22N2O5S/c25-22(21-20(10-13-29-21)18-4-2-1-3-5-18)23-16-17-6-8-19(9-7-17)30(26,27)24-11-14-28-15-12-24/h1-10,13H,11-12,14-16H2,(H,23,25). The predicted octanol–water partition coefficient (Wildman–Crippen LogP) is 2.90. The summed E-state index contributed by atoms with van der Waals surface area (Å²) < 4.78 is 37.4. The van der Waals surface area contributed by atoms with Crippen molar-refractivity contribution < 1.29 is 22.4 Å². The molecule has 1 N–H and O–H groups in total. The molecular weight excluding hydrogens is 404 g/mol. The van der Waals surface area contributed by atoms with Gasteiger partial charge < -0.3 is 14.5 Å². The summed E-state index contributed by atoms with van der Waals surface area (Å²) in [6, 6.07) is 17.8. The molecule has 3 aromatic rings. The van der Waals surface area contributed by atoms with Crippen molar-refractivity contribution in [1.29, 1.82) is 0 Å². The van der Waals surface area contributed by atoms with Gasteiger partial charge in [0.1, 0.15) is 0 Å². The number of carbonyl (C=O) groups excluding carboxylic acids is 1. The SMILES string of the molecule is O=C(NCc1ccc(S(=O)(=O)N2CCOCC2)cc1)c1occc1-c1ccccc1. The Labute approximate surface area is 175 Å². The van der Waals surface area contributed by atoms with Gasteiger partial charge in [-0.05, 0) is 29.3 Å². The molecule has 156 valence electrons. The lowest BCUT2D eigenvalue weighted by molar-refractivity contribution is 0.0730. The quantitative estimate of drug-likeness (QED) is 0.655. The van der Waals surface area contributed by atoms with Crippen molar-refractivity contribution in [3.05, 3.63) is 78.3 Å². The summed E-state index contributed by atoms with van der Waals surface area (Å²) in [7, 11) is -3.53. The molecule has 8 heteroatoms. The van der Waals surface area contributed by atoms with Gasteiger partial charge in [-0.25, -0.2) is 8.42 Å². The van der Waals surface area contributed by atoms with Crippen LogP contribution in [0.15, 0.2) is 76.2 Å². The van der Waals surface area contributed by atoms with E-state index in [0.29, 0.717) is 26.3 Å². The summed E-state index contributed by atoms with van der Waals surface area (Å²) in [5, 5.41) is 2.82. The Kier molecular flexibility index (Phi) is 5.98. The maximum atomic E-state index is 12.7. The highest BCUT2D eigenvalue weighted by atomic mass is 32.2. The van der Waals surface area contributed by atoms with Gasteiger partial charge in [0.05, 0.1) is 24.4 Å². The van der Waals surface area contributed by atoms with E-state index in [1.807, 2.05) is 30.3 Å². The second kappa shape index (κ2) is 8.83. The van der Waals surface area contributed by atoms with Gasteiger partial charge in [0, 0.05) is 25.2 Å². The number of hydrogen-bond acceptors (Lipinski definition) is 5. The molecule has 4 rings (SSSR count). The monoisotopic (exact) mass is 426 g/mol. The van der Waals surface area contributed by atoms with Crippen LogP contribution in [0, 0.1) is 0 Å². The second-order valence-corrected chi connectivity index (χ2v) is 8.81. The number of nitrogens with one attached hydrogen (secondary N) is 1. The molecule has 30 heavy (non-hydrogen) atoms. The highest BCUT2D eigenvalue weighted by Gasteiger charge is 2.26. The summed E-state index contributed by atoms with van der Waals surface area (Å²) >= 11 is 0. The first-order chi connectivity index (χ1) is 14.6. The number of amides is 1. The molecule has 0 aliphatic carbocycles. The number of hydrogen-bond donors (Lipinski definition) is 1. The number of benzene rings is 2. The van der Waals surface area contributed by atoms with Crippen molar-refractivity contribution in [2.45, 2.75) is 11.4 Å². The van der Waals surface area contributed by atoms with Crippen LogP contribution in [-0.4, -0.2) is 44.9 Å². The lowest BCUT2D eigenvalue weighted by Gasteiger charge is -2.26. The van der Waals surface area contributed by atoms with Crippen molar-refractivity contribution in [3.8, 4) is 11.1 Å². The van der Waals surface area contributed by atoms with Gasteiger partial charge in [0.2, 0.25) is 10.0 Å². The van der Waals surface area contributed by atoms with Crippen LogP contribution in [0.5, 0.6) is 0 Å². The first-order valence-electron chi connectivity index (χ1n) is 9.63. The third-order valence-electron chi connectivity index (χ3n) is 4.94. The molecule has 0 atom stereocenters. The molecule has 1 aromatic heterocycles. The summed E-state index contributed by atoms with van der Waals surface area (Å²) in [6.45, 7) is 1.77. The molecule has 1 aliphatic heterocycles. The van der Waals surface area contributed by atoms with Crippen LogP contribution < -0.4 is 5.32 Å². The molecule has 2 heterocycles.